The minimum Gasteiger partial charge on any atom is -0.311 e. The molecular weight excluding hydrogens is 384 g/mol. The first kappa shape index (κ1) is 20.6. The highest BCUT2D eigenvalue weighted by Crippen LogP contribution is 2.24. The van der Waals surface area contributed by atoms with Crippen molar-refractivity contribution in [2.75, 3.05) is 17.2 Å². The van der Waals surface area contributed by atoms with E-state index in [0.717, 1.165) is 28.1 Å². The lowest BCUT2D eigenvalue weighted by atomic mass is 10.1. The number of rotatable bonds is 7. The molecule has 29 heavy (non-hydrogen) atoms. The van der Waals surface area contributed by atoms with E-state index in [9.17, 15) is 4.79 Å². The number of tetrazole rings is 1. The number of aryl methyl sites for hydroxylation is 3. The molecule has 1 aromatic heterocycles. The number of carbonyl (C=O) groups excluding carboxylic acids is 1. The van der Waals surface area contributed by atoms with Crippen LogP contribution >= 0.6 is 11.8 Å². The molecule has 8 heteroatoms. The largest absolute Gasteiger partial charge is 0.311 e. The number of aromatic nitrogens is 4. The maximum Gasteiger partial charge on any atom is 0.237 e. The Morgan fingerprint density at radius 1 is 1.17 bits per heavy atom. The minimum atomic E-state index is -0.0883. The highest BCUT2D eigenvalue weighted by atomic mass is 32.2. The molecule has 0 bridgehead atoms. The number of benzene rings is 2. The molecule has 7 nitrogen and oxygen atoms in total. The fourth-order valence-electron chi connectivity index (χ4n) is 3.09. The number of nitriles is 1. The van der Waals surface area contributed by atoms with E-state index in [2.05, 4.69) is 27.7 Å². The van der Waals surface area contributed by atoms with E-state index in [4.69, 9.17) is 5.26 Å². The average Bonchev–Trinajstić information content (AvgIpc) is 3.14. The van der Waals surface area contributed by atoms with Gasteiger partial charge in [0.1, 0.15) is 0 Å². The smallest absolute Gasteiger partial charge is 0.237 e. The van der Waals surface area contributed by atoms with Gasteiger partial charge in [0.05, 0.1) is 23.9 Å². The van der Waals surface area contributed by atoms with Crippen molar-refractivity contribution >= 4 is 23.4 Å². The zero-order valence-electron chi connectivity index (χ0n) is 16.7. The normalized spacial score (nSPS) is 10.6. The molecule has 0 unspecified atom stereocenters. The summed E-state index contributed by atoms with van der Waals surface area (Å²) in [4.78, 5) is 14.7. The van der Waals surface area contributed by atoms with Gasteiger partial charge in [0.2, 0.25) is 11.1 Å². The topological polar surface area (TPSA) is 87.7 Å². The lowest BCUT2D eigenvalue weighted by Crippen LogP contribution is -2.33. The molecule has 148 valence electrons. The summed E-state index contributed by atoms with van der Waals surface area (Å²) >= 11 is 1.28. The summed E-state index contributed by atoms with van der Waals surface area (Å²) in [5.41, 5.74) is 4.88. The standard InChI is InChI=1S/C21H22N6OS/c1-15-11-16(2)13-18(12-15)26(10-6-9-22)20(28)14-29-21-23-24-25-27(21)19-8-5-4-7-17(19)3/h4-5,7-8,11-13H,6,10,14H2,1-3H3. The van der Waals surface area contributed by atoms with Gasteiger partial charge in [-0.25, -0.2) is 0 Å². The van der Waals surface area contributed by atoms with Gasteiger partial charge in [-0.2, -0.15) is 9.94 Å². The van der Waals surface area contributed by atoms with Crippen molar-refractivity contribution in [3.05, 3.63) is 59.2 Å². The van der Waals surface area contributed by atoms with E-state index in [-0.39, 0.29) is 18.1 Å². The predicted octanol–water partition coefficient (Wildman–Crippen LogP) is 3.63. The first-order valence-electron chi connectivity index (χ1n) is 9.22. The molecule has 0 radical (unpaired) electrons. The Morgan fingerprint density at radius 3 is 2.59 bits per heavy atom. The van der Waals surface area contributed by atoms with E-state index in [0.29, 0.717) is 11.7 Å². The van der Waals surface area contributed by atoms with Gasteiger partial charge in [-0.1, -0.05) is 36.0 Å². The van der Waals surface area contributed by atoms with Crippen molar-refractivity contribution < 1.29 is 4.79 Å². The number of para-hydroxylation sites is 1. The van der Waals surface area contributed by atoms with Gasteiger partial charge >= 0.3 is 0 Å². The quantitative estimate of drug-likeness (QED) is 0.557. The monoisotopic (exact) mass is 406 g/mol. The van der Waals surface area contributed by atoms with E-state index in [1.165, 1.54) is 11.8 Å². The predicted molar refractivity (Wildman–Crippen MR) is 113 cm³/mol. The second kappa shape index (κ2) is 9.34. The Kier molecular flexibility index (Phi) is 6.62. The third kappa shape index (κ3) is 5.00. The van der Waals surface area contributed by atoms with Crippen molar-refractivity contribution in [3.8, 4) is 11.8 Å². The number of amides is 1. The highest BCUT2D eigenvalue weighted by molar-refractivity contribution is 7.99. The second-order valence-electron chi connectivity index (χ2n) is 6.75. The van der Waals surface area contributed by atoms with Crippen LogP contribution in [0.1, 0.15) is 23.1 Å². The van der Waals surface area contributed by atoms with Crippen LogP contribution in [0.25, 0.3) is 5.69 Å². The molecule has 0 aliphatic carbocycles. The van der Waals surface area contributed by atoms with Crippen molar-refractivity contribution in [2.45, 2.75) is 32.3 Å². The third-order valence-electron chi connectivity index (χ3n) is 4.38. The Morgan fingerprint density at radius 2 is 1.90 bits per heavy atom. The van der Waals surface area contributed by atoms with Gasteiger partial charge in [-0.3, -0.25) is 4.79 Å². The number of hydrogen-bond donors (Lipinski definition) is 0. The molecule has 0 atom stereocenters. The van der Waals surface area contributed by atoms with Crippen LogP contribution in [-0.4, -0.2) is 38.4 Å². The van der Waals surface area contributed by atoms with Crippen LogP contribution in [0.2, 0.25) is 0 Å². The van der Waals surface area contributed by atoms with Gasteiger partial charge in [-0.15, -0.1) is 5.10 Å². The van der Waals surface area contributed by atoms with Crippen LogP contribution < -0.4 is 4.90 Å². The van der Waals surface area contributed by atoms with Crippen molar-refractivity contribution in [1.29, 1.82) is 5.26 Å². The molecule has 3 rings (SSSR count). The highest BCUT2D eigenvalue weighted by Gasteiger charge is 2.19. The first-order valence-corrected chi connectivity index (χ1v) is 10.2. The molecule has 0 saturated heterocycles. The zero-order valence-corrected chi connectivity index (χ0v) is 17.5. The number of carbonyl (C=O) groups is 1. The van der Waals surface area contributed by atoms with E-state index >= 15 is 0 Å². The average molecular weight is 407 g/mol. The van der Waals surface area contributed by atoms with Gasteiger partial charge in [0.25, 0.3) is 0 Å². The molecule has 0 aliphatic heterocycles. The molecular formula is C21H22N6OS. The maximum absolute atomic E-state index is 13.0. The molecule has 0 fully saturated rings. The summed E-state index contributed by atoms with van der Waals surface area (Å²) in [5, 5.41) is 21.5. The summed E-state index contributed by atoms with van der Waals surface area (Å²) in [6.07, 6.45) is 0.268. The van der Waals surface area contributed by atoms with Gasteiger partial charge in [-0.05, 0) is 66.1 Å². The summed E-state index contributed by atoms with van der Waals surface area (Å²) in [6, 6.07) is 15.9. The van der Waals surface area contributed by atoms with Crippen LogP contribution in [0, 0.1) is 32.1 Å². The van der Waals surface area contributed by atoms with Crippen LogP contribution in [0.4, 0.5) is 5.69 Å². The SMILES string of the molecule is Cc1cc(C)cc(N(CCC#N)C(=O)CSc2nnnn2-c2ccccc2C)c1. The van der Waals surface area contributed by atoms with Crippen molar-refractivity contribution in [3.63, 3.8) is 0 Å². The number of nitrogens with zero attached hydrogens (tertiary/aromatic N) is 6. The number of anilines is 1. The Hall–Kier alpha value is -3.18. The summed E-state index contributed by atoms with van der Waals surface area (Å²) < 4.78 is 1.64. The maximum atomic E-state index is 13.0. The van der Waals surface area contributed by atoms with Gasteiger partial charge < -0.3 is 4.90 Å². The lowest BCUT2D eigenvalue weighted by molar-refractivity contribution is -0.116. The summed E-state index contributed by atoms with van der Waals surface area (Å²) in [6.45, 7) is 6.32. The molecule has 2 aromatic carbocycles. The van der Waals surface area contributed by atoms with Crippen LogP contribution in [0.5, 0.6) is 0 Å². The third-order valence-corrected chi connectivity index (χ3v) is 5.28. The van der Waals surface area contributed by atoms with Crippen LogP contribution in [0.15, 0.2) is 47.6 Å². The van der Waals surface area contributed by atoms with Gasteiger partial charge in [0, 0.05) is 12.2 Å². The summed E-state index contributed by atoms with van der Waals surface area (Å²) in [7, 11) is 0. The van der Waals surface area contributed by atoms with Crippen molar-refractivity contribution in [2.24, 2.45) is 0 Å². The zero-order chi connectivity index (χ0) is 20.8. The van der Waals surface area contributed by atoms with Crippen LogP contribution in [-0.2, 0) is 4.79 Å². The fourth-order valence-corrected chi connectivity index (χ4v) is 3.85. The lowest BCUT2D eigenvalue weighted by Gasteiger charge is -2.22. The first-order chi connectivity index (χ1) is 14.0. The van der Waals surface area contributed by atoms with E-state index in [1.54, 1.807) is 9.58 Å². The van der Waals surface area contributed by atoms with Gasteiger partial charge in [0.15, 0.2) is 0 Å². The molecule has 1 amide bonds. The number of thioether (sulfide) groups is 1. The molecule has 3 aromatic rings. The van der Waals surface area contributed by atoms with E-state index < -0.39 is 0 Å². The minimum absolute atomic E-state index is 0.0883. The summed E-state index contributed by atoms with van der Waals surface area (Å²) in [5.74, 6) is 0.0830. The number of hydrogen-bond acceptors (Lipinski definition) is 6. The molecule has 0 spiro atoms. The molecule has 0 saturated carbocycles. The molecule has 1 heterocycles. The molecule has 0 N–H and O–H groups in total. The van der Waals surface area contributed by atoms with Crippen molar-refractivity contribution in [1.82, 2.24) is 20.2 Å². The second-order valence-corrected chi connectivity index (χ2v) is 7.69. The van der Waals surface area contributed by atoms with E-state index in [1.807, 2.05) is 57.2 Å². The van der Waals surface area contributed by atoms with Crippen LogP contribution in [0.3, 0.4) is 0 Å². The Bertz CT molecular complexity index is 1040. The Labute approximate surface area is 174 Å². The fraction of sp³-hybridized carbons (Fsp3) is 0.286. The molecule has 0 aliphatic rings. The Balaban J connectivity index is 1.79.